The van der Waals surface area contributed by atoms with E-state index >= 15 is 0 Å². The molecule has 0 fully saturated rings. The number of aliphatic hydroxyl groups excluding tert-OH is 1. The molecule has 0 saturated carbocycles. The zero-order chi connectivity index (χ0) is 17.1. The van der Waals surface area contributed by atoms with E-state index in [0.29, 0.717) is 5.69 Å². The van der Waals surface area contributed by atoms with Gasteiger partial charge in [0.05, 0.1) is 13.2 Å². The molecule has 1 heterocycles. The predicted molar refractivity (Wildman–Crippen MR) is 93.3 cm³/mol. The number of ether oxygens (including phenoxy) is 1. The van der Waals surface area contributed by atoms with Gasteiger partial charge in [-0.25, -0.2) is 0 Å². The maximum absolute atomic E-state index is 12.3. The van der Waals surface area contributed by atoms with Crippen LogP contribution in [0, 0.1) is 6.92 Å². The fourth-order valence-electron chi connectivity index (χ4n) is 2.66. The number of methoxy groups -OCH3 is 1. The summed E-state index contributed by atoms with van der Waals surface area (Å²) in [6.45, 7) is 2.13. The number of benzene rings is 2. The number of para-hydroxylation sites is 1. The van der Waals surface area contributed by atoms with Crippen LogP contribution in [0.25, 0.3) is 10.9 Å². The van der Waals surface area contributed by atoms with E-state index in [4.69, 9.17) is 4.74 Å². The summed E-state index contributed by atoms with van der Waals surface area (Å²) in [6.07, 6.45) is -0.772. The SMILES string of the molecule is COc1ccc(C(O)CNC(=O)c2cc3cccc(C)c3[nH]2)cc1. The van der Waals surface area contributed by atoms with Gasteiger partial charge in [0.1, 0.15) is 11.4 Å². The number of fused-ring (bicyclic) bond motifs is 1. The Kier molecular flexibility index (Phi) is 4.53. The van der Waals surface area contributed by atoms with Crippen LogP contribution in [0.1, 0.15) is 27.7 Å². The van der Waals surface area contributed by atoms with E-state index in [1.807, 2.05) is 31.2 Å². The number of carbonyl (C=O) groups is 1. The minimum Gasteiger partial charge on any atom is -0.497 e. The Morgan fingerprint density at radius 1 is 1.25 bits per heavy atom. The van der Waals surface area contributed by atoms with Crippen LogP contribution < -0.4 is 10.1 Å². The minimum atomic E-state index is -0.772. The predicted octanol–water partition coefficient (Wildman–Crippen LogP) is 2.95. The molecule has 5 nitrogen and oxygen atoms in total. The standard InChI is InChI=1S/C19H20N2O3/c1-12-4-3-5-14-10-16(21-18(12)14)19(23)20-11-17(22)13-6-8-15(24-2)9-7-13/h3-10,17,21-22H,11H2,1-2H3,(H,20,23). The Bertz CT molecular complexity index is 853. The molecule has 124 valence electrons. The molecule has 3 aromatic rings. The first-order valence-corrected chi connectivity index (χ1v) is 7.77. The molecule has 1 atom stereocenters. The van der Waals surface area contributed by atoms with E-state index in [2.05, 4.69) is 10.3 Å². The highest BCUT2D eigenvalue weighted by Gasteiger charge is 2.13. The molecule has 0 aliphatic rings. The first kappa shape index (κ1) is 16.1. The molecule has 0 radical (unpaired) electrons. The molecule has 1 amide bonds. The Labute approximate surface area is 140 Å². The zero-order valence-electron chi connectivity index (χ0n) is 13.7. The Morgan fingerprint density at radius 3 is 2.67 bits per heavy atom. The van der Waals surface area contributed by atoms with Crippen molar-refractivity contribution in [1.82, 2.24) is 10.3 Å². The van der Waals surface area contributed by atoms with Crippen molar-refractivity contribution < 1.29 is 14.6 Å². The van der Waals surface area contributed by atoms with E-state index in [9.17, 15) is 9.90 Å². The molecule has 5 heteroatoms. The van der Waals surface area contributed by atoms with Gasteiger partial charge in [0.25, 0.3) is 5.91 Å². The highest BCUT2D eigenvalue weighted by atomic mass is 16.5. The van der Waals surface area contributed by atoms with Gasteiger partial charge in [-0.15, -0.1) is 0 Å². The third-order valence-corrected chi connectivity index (χ3v) is 4.07. The molecule has 0 bridgehead atoms. The fraction of sp³-hybridized carbons (Fsp3) is 0.211. The molecule has 24 heavy (non-hydrogen) atoms. The average molecular weight is 324 g/mol. The number of aromatic amines is 1. The lowest BCUT2D eigenvalue weighted by Crippen LogP contribution is -2.28. The van der Waals surface area contributed by atoms with Gasteiger partial charge < -0.3 is 20.1 Å². The summed E-state index contributed by atoms with van der Waals surface area (Å²) in [5.74, 6) is 0.488. The van der Waals surface area contributed by atoms with Crippen LogP contribution >= 0.6 is 0 Å². The zero-order valence-corrected chi connectivity index (χ0v) is 13.7. The third kappa shape index (κ3) is 3.26. The van der Waals surface area contributed by atoms with Gasteiger partial charge in [0.2, 0.25) is 0 Å². The van der Waals surface area contributed by atoms with Crippen LogP contribution in [0.15, 0.2) is 48.5 Å². The van der Waals surface area contributed by atoms with Crippen molar-refractivity contribution in [3.8, 4) is 5.75 Å². The van der Waals surface area contributed by atoms with Crippen molar-refractivity contribution in [3.63, 3.8) is 0 Å². The number of aliphatic hydroxyl groups is 1. The normalized spacial score (nSPS) is 12.1. The van der Waals surface area contributed by atoms with Crippen molar-refractivity contribution in [3.05, 3.63) is 65.4 Å². The monoisotopic (exact) mass is 324 g/mol. The van der Waals surface area contributed by atoms with E-state index in [1.54, 1.807) is 31.4 Å². The smallest absolute Gasteiger partial charge is 0.267 e. The van der Waals surface area contributed by atoms with Crippen molar-refractivity contribution in [2.75, 3.05) is 13.7 Å². The summed E-state index contributed by atoms with van der Waals surface area (Å²) >= 11 is 0. The molecular weight excluding hydrogens is 304 g/mol. The van der Waals surface area contributed by atoms with Gasteiger partial charge in [-0.05, 0) is 36.2 Å². The van der Waals surface area contributed by atoms with Crippen molar-refractivity contribution in [1.29, 1.82) is 0 Å². The lowest BCUT2D eigenvalue weighted by atomic mass is 10.1. The molecule has 3 rings (SSSR count). The molecule has 3 N–H and O–H groups in total. The highest BCUT2D eigenvalue weighted by molar-refractivity contribution is 5.98. The molecule has 0 aliphatic carbocycles. The number of hydrogen-bond donors (Lipinski definition) is 3. The number of H-pyrrole nitrogens is 1. The maximum Gasteiger partial charge on any atom is 0.267 e. The minimum absolute atomic E-state index is 0.138. The number of nitrogens with one attached hydrogen (secondary N) is 2. The Hall–Kier alpha value is -2.79. The molecule has 2 aromatic carbocycles. The molecule has 1 aromatic heterocycles. The van der Waals surface area contributed by atoms with E-state index < -0.39 is 6.10 Å². The second kappa shape index (κ2) is 6.76. The maximum atomic E-state index is 12.3. The summed E-state index contributed by atoms with van der Waals surface area (Å²) in [6, 6.07) is 14.8. The van der Waals surface area contributed by atoms with Gasteiger partial charge in [0, 0.05) is 17.4 Å². The van der Waals surface area contributed by atoms with Gasteiger partial charge in [-0.3, -0.25) is 4.79 Å². The van der Waals surface area contributed by atoms with Gasteiger partial charge in [0.15, 0.2) is 0 Å². The second-order valence-corrected chi connectivity index (χ2v) is 5.72. The van der Waals surface area contributed by atoms with Crippen LogP contribution in [-0.4, -0.2) is 29.7 Å². The number of carbonyl (C=O) groups excluding carboxylic acids is 1. The average Bonchev–Trinajstić information content (AvgIpc) is 3.05. The summed E-state index contributed by atoms with van der Waals surface area (Å²) in [4.78, 5) is 15.4. The van der Waals surface area contributed by atoms with Crippen LogP contribution in [0.4, 0.5) is 0 Å². The van der Waals surface area contributed by atoms with Crippen molar-refractivity contribution in [2.45, 2.75) is 13.0 Å². The molecule has 1 unspecified atom stereocenters. The van der Waals surface area contributed by atoms with Crippen molar-refractivity contribution in [2.24, 2.45) is 0 Å². The van der Waals surface area contributed by atoms with Crippen LogP contribution in [0.2, 0.25) is 0 Å². The number of aromatic nitrogens is 1. The highest BCUT2D eigenvalue weighted by Crippen LogP contribution is 2.19. The van der Waals surface area contributed by atoms with Gasteiger partial charge in [-0.2, -0.15) is 0 Å². The largest absolute Gasteiger partial charge is 0.497 e. The Morgan fingerprint density at radius 2 is 2.00 bits per heavy atom. The summed E-state index contributed by atoms with van der Waals surface area (Å²) in [7, 11) is 1.59. The number of hydrogen-bond acceptors (Lipinski definition) is 3. The molecule has 0 saturated heterocycles. The lowest BCUT2D eigenvalue weighted by Gasteiger charge is -2.12. The third-order valence-electron chi connectivity index (χ3n) is 4.07. The number of amides is 1. The van der Waals surface area contributed by atoms with E-state index in [-0.39, 0.29) is 12.5 Å². The summed E-state index contributed by atoms with van der Waals surface area (Å²) in [5.41, 5.74) is 3.26. The first-order valence-electron chi connectivity index (χ1n) is 7.77. The first-order chi connectivity index (χ1) is 11.6. The van der Waals surface area contributed by atoms with E-state index in [0.717, 1.165) is 27.8 Å². The van der Waals surface area contributed by atoms with Crippen LogP contribution in [0.3, 0.4) is 0 Å². The Balaban J connectivity index is 1.66. The van der Waals surface area contributed by atoms with Gasteiger partial charge in [-0.1, -0.05) is 30.3 Å². The van der Waals surface area contributed by atoms with Crippen LogP contribution in [0.5, 0.6) is 5.75 Å². The summed E-state index contributed by atoms with van der Waals surface area (Å²) < 4.78 is 5.09. The fourth-order valence-corrected chi connectivity index (χ4v) is 2.66. The number of rotatable bonds is 5. The lowest BCUT2D eigenvalue weighted by molar-refractivity contribution is 0.0912. The molecular formula is C19H20N2O3. The van der Waals surface area contributed by atoms with Crippen molar-refractivity contribution >= 4 is 16.8 Å². The topological polar surface area (TPSA) is 74.3 Å². The number of aryl methyl sites for hydroxylation is 1. The summed E-state index contributed by atoms with van der Waals surface area (Å²) in [5, 5.41) is 13.9. The molecule has 0 spiro atoms. The van der Waals surface area contributed by atoms with E-state index in [1.165, 1.54) is 0 Å². The van der Waals surface area contributed by atoms with Crippen LogP contribution in [-0.2, 0) is 0 Å². The van der Waals surface area contributed by atoms with Gasteiger partial charge >= 0.3 is 0 Å². The molecule has 0 aliphatic heterocycles. The quantitative estimate of drug-likeness (QED) is 0.675. The second-order valence-electron chi connectivity index (χ2n) is 5.72.